The highest BCUT2D eigenvalue weighted by Gasteiger charge is 2.24. The SMILES string of the molecule is CCCCCS(=O)(=O)NC.CCCCCS(=O)(=O)NC(C)(C)C.CCCCCS(=O)(=O)NC(C)C.CCCCS(=O)(=O)NC.CCCCS(=O)(=O)NC(C)(C)C.CCCCS(=O)(=O)NC(C)C.CCCS(=O)(=O)NC.CCCS(=O)(=O)NC(C)(C)C.CCCS(=O)(=O)NC(C)C.CCS(=O)(=O)NC.CCS(=O)(=O)NC(C)(C)C.CCS(=O)(=O)NC(C)C.CNS(=O)(=O)c1cc(C)cc(C)c1.Cc1cc(C)cc(S(=O)(=O)NC(C)C)c1. The fraction of sp³-hybridized carbons (Fsp3) is 0.872. The average molecular weight is 2440 g/mol. The monoisotopic (exact) mass is 2440 g/mol. The first kappa shape index (κ1) is 172. The minimum absolute atomic E-state index is 0.00921. The molecule has 0 saturated carbocycles. The highest BCUT2D eigenvalue weighted by Crippen LogP contribution is 2.17. The van der Waals surface area contributed by atoms with Crippen LogP contribution in [0.3, 0.4) is 0 Å². The summed E-state index contributed by atoms with van der Waals surface area (Å²) in [5.74, 6) is 2.63. The van der Waals surface area contributed by atoms with Gasteiger partial charge in [-0.3, -0.25) is 0 Å². The Hall–Kier alpha value is -2.82. The van der Waals surface area contributed by atoms with Crippen LogP contribution in [0, 0.1) is 27.7 Å². The number of nitrogens with one attached hydrogen (secondary N) is 14. The minimum atomic E-state index is -3.35. The van der Waals surface area contributed by atoms with Crippen LogP contribution in [0.25, 0.3) is 0 Å². The molecule has 0 heterocycles. The molecule has 0 fully saturated rings. The maximum absolute atomic E-state index is 11.8. The molecular weight excluding hydrogens is 2220 g/mol. The molecule has 0 atom stereocenters. The molecule has 0 aliphatic rings. The lowest BCUT2D eigenvalue weighted by Crippen LogP contribution is -2.41. The zero-order chi connectivity index (χ0) is 122. The van der Waals surface area contributed by atoms with Crippen molar-refractivity contribution in [1.82, 2.24) is 66.1 Å². The summed E-state index contributed by atoms with van der Waals surface area (Å²) in [6, 6.07) is 10.5. The molecule has 0 amide bonds. The Morgan fingerprint density at radius 2 is 0.373 bits per heavy atom. The van der Waals surface area contributed by atoms with Crippen LogP contribution in [0.5, 0.6) is 0 Å². The molecule has 0 aliphatic heterocycles. The van der Waals surface area contributed by atoms with E-state index in [0.717, 1.165) is 119 Å². The smallest absolute Gasteiger partial charge is 0.218 e. The molecule has 56 heteroatoms. The fourth-order valence-electron chi connectivity index (χ4n) is 10.3. The summed E-state index contributed by atoms with van der Waals surface area (Å²) < 4.78 is 342. The molecule has 0 bridgehead atoms. The van der Waals surface area contributed by atoms with Crippen molar-refractivity contribution in [3.63, 3.8) is 0 Å². The van der Waals surface area contributed by atoms with Crippen LogP contribution in [-0.2, 0) is 140 Å². The Bertz CT molecular complexity index is 5480. The average Bonchev–Trinajstić information content (AvgIpc) is 0.827. The lowest BCUT2D eigenvalue weighted by atomic mass is 10.1. The van der Waals surface area contributed by atoms with Crippen LogP contribution < -0.4 is 66.1 Å². The first-order valence-corrected chi connectivity index (χ1v) is 73.9. The van der Waals surface area contributed by atoms with Crippen molar-refractivity contribution in [3.8, 4) is 0 Å². The molecule has 0 aromatic heterocycles. The van der Waals surface area contributed by atoms with E-state index in [1.807, 2.05) is 213 Å². The molecule has 0 unspecified atom stereocenters. The Balaban J connectivity index is -0.000000137. The molecular formula is C94H214N14O28S14. The van der Waals surface area contributed by atoms with Gasteiger partial charge in [-0.1, -0.05) is 132 Å². The van der Waals surface area contributed by atoms with Crippen molar-refractivity contribution in [2.24, 2.45) is 0 Å². The van der Waals surface area contributed by atoms with Crippen molar-refractivity contribution in [2.75, 3.05) is 104 Å². The minimum Gasteiger partial charge on any atom is -0.218 e. The standard InChI is InChI=1S/C11H17NO2S.C9H13NO2S.C9H21NO2S.2C8H19NO2S.2C7H17NO2S.3C6H15NO2S.2C5H13NO2S.C4H11NO2S.C3H9NO2S/c1-8(2)12-15(13,14)11-6-9(3)5-10(4)7-11;1-7-4-8(2)6-9(5-7)13(11,12)10-3;1-5-6-7-8-13(11,12)10-9(2,3)4;1-5-6-7-12(10,11)9-8(2,3)4;1-4-5-6-7-12(10,11)9-8(2)3;1-5-6-11(9,10)8-7(2,3)4;1-4-5-6-11(9,10)8-7(2)3;1-5-10(8,9)7-6(2,3)4;1-4-5-10(8,9)7-6(2)3;1-3-4-5-6-10(8,9)7-2;1-4-9(7,8)6-5(2)3;1-3-4-5-9(7,8)6-2;1-3-4-8(6,7)5-2;1-3-7(5,6)4-2/h5-8,12H,1-4H3;4-6,10H,1-3H3;10H,5-8H2,1-4H3;9H,5-7H2,1-4H3;8-9H,4-7H2,1-3H3;8H,5-6H2,1-4H3;7-8H,4-6H2,1-3H3;7H,5H2,1-4H3;6-7H,4-5H2,1-3H3;7H,3-6H2,1-2H3;5-6H,4H2,1-3H3;6H,3-5H2,1-2H3;5H,3-4H2,1-2H3;4H,3H2,1-2H3. The van der Waals surface area contributed by atoms with Crippen molar-refractivity contribution in [1.29, 1.82) is 0 Å². The molecule has 0 radical (unpaired) electrons. The Morgan fingerprint density at radius 1 is 0.193 bits per heavy atom. The van der Waals surface area contributed by atoms with Gasteiger partial charge in [-0.05, 0) is 340 Å². The summed E-state index contributed by atoms with van der Waals surface area (Å²) in [4.78, 5) is 0.668. The maximum atomic E-state index is 11.8. The molecule has 42 nitrogen and oxygen atoms in total. The Morgan fingerprint density at radius 3 is 0.567 bits per heavy atom. The van der Waals surface area contributed by atoms with Gasteiger partial charge in [0.1, 0.15) is 0 Å². The first-order valence-electron chi connectivity index (χ1n) is 51.1. The first-order chi connectivity index (χ1) is 67.2. The number of unbranched alkanes of at least 4 members (excludes halogenated alkanes) is 9. The second-order valence-corrected chi connectivity index (χ2v) is 67.4. The molecule has 14 N–H and O–H groups in total. The fourth-order valence-corrected chi connectivity index (χ4v) is 26.6. The van der Waals surface area contributed by atoms with Gasteiger partial charge in [0.2, 0.25) is 140 Å². The highest BCUT2D eigenvalue weighted by molar-refractivity contribution is 7.92. The lowest BCUT2D eigenvalue weighted by molar-refractivity contribution is 0.488. The largest absolute Gasteiger partial charge is 0.240 e. The highest BCUT2D eigenvalue weighted by atomic mass is 32.3. The van der Waals surface area contributed by atoms with Crippen molar-refractivity contribution in [3.05, 3.63) is 58.7 Å². The van der Waals surface area contributed by atoms with Gasteiger partial charge in [0, 0.05) is 52.4 Å². The predicted molar refractivity (Wildman–Crippen MR) is 631 cm³/mol. The van der Waals surface area contributed by atoms with Crippen molar-refractivity contribution < 1.29 is 118 Å². The van der Waals surface area contributed by atoms with E-state index in [-0.39, 0.29) is 121 Å². The van der Waals surface area contributed by atoms with Gasteiger partial charge in [0.25, 0.3) is 0 Å². The summed E-state index contributed by atoms with van der Waals surface area (Å²) in [6.07, 6.45) is 15.3. The number of hydrogen-bond acceptors (Lipinski definition) is 28. The van der Waals surface area contributed by atoms with E-state index in [9.17, 15) is 118 Å². The third kappa shape index (κ3) is 132. The topological polar surface area (TPSA) is 646 Å². The summed E-state index contributed by atoms with van der Waals surface area (Å²) in [7, 11) is -35.4. The zero-order valence-corrected chi connectivity index (χ0v) is 111. The second-order valence-electron chi connectivity index (χ2n) is 40.2. The third-order valence-electron chi connectivity index (χ3n) is 16.3. The van der Waals surface area contributed by atoms with E-state index in [2.05, 4.69) is 80.0 Å². The molecule has 150 heavy (non-hydrogen) atoms. The predicted octanol–water partition coefficient (Wildman–Crippen LogP) is 12.7. The molecule has 0 aliphatic carbocycles. The van der Waals surface area contributed by atoms with Crippen LogP contribution in [-0.4, -0.2) is 274 Å². The van der Waals surface area contributed by atoms with E-state index in [4.69, 9.17) is 0 Å². The van der Waals surface area contributed by atoms with E-state index in [1.165, 1.54) is 35.2 Å². The lowest BCUT2D eigenvalue weighted by Gasteiger charge is -2.20. The van der Waals surface area contributed by atoms with Crippen LogP contribution in [0.15, 0.2) is 46.2 Å². The van der Waals surface area contributed by atoms with E-state index < -0.39 is 140 Å². The second kappa shape index (κ2) is 87.0. The van der Waals surface area contributed by atoms with Crippen molar-refractivity contribution in [2.45, 2.75) is 441 Å². The van der Waals surface area contributed by atoms with Crippen molar-refractivity contribution >= 4 is 140 Å². The number of benzene rings is 2. The van der Waals surface area contributed by atoms with Gasteiger partial charge >= 0.3 is 0 Å². The summed E-state index contributed by atoms with van der Waals surface area (Å²) in [6.45, 7) is 70.2. The van der Waals surface area contributed by atoms with Crippen LogP contribution in [0.2, 0.25) is 0 Å². The van der Waals surface area contributed by atoms with E-state index in [1.54, 1.807) is 72.7 Å². The van der Waals surface area contributed by atoms with Crippen LogP contribution in [0.4, 0.5) is 0 Å². The molecule has 0 spiro atoms. The molecule has 2 aromatic carbocycles. The van der Waals surface area contributed by atoms with E-state index in [0.29, 0.717) is 29.1 Å². The number of sulfonamides is 14. The van der Waals surface area contributed by atoms with E-state index >= 15 is 0 Å². The molecule has 0 saturated heterocycles. The van der Waals surface area contributed by atoms with Gasteiger partial charge in [-0.2, -0.15) is 0 Å². The number of hydrogen-bond donors (Lipinski definition) is 14. The summed E-state index contributed by atoms with van der Waals surface area (Å²) in [5.41, 5.74) is 2.40. The molecule has 2 aromatic rings. The van der Waals surface area contributed by atoms with Crippen LogP contribution in [0.1, 0.15) is 373 Å². The molecule has 2 rings (SSSR count). The molecule has 912 valence electrons. The normalized spacial score (nSPS) is 12.5. The number of rotatable bonds is 51. The van der Waals surface area contributed by atoms with Crippen LogP contribution >= 0.6 is 0 Å². The van der Waals surface area contributed by atoms with Gasteiger partial charge in [-0.15, -0.1) is 0 Å². The number of aryl methyl sites for hydroxylation is 4. The summed E-state index contributed by atoms with van der Waals surface area (Å²) in [5, 5.41) is 0. The quantitative estimate of drug-likeness (QED) is 0.0274. The Labute approximate surface area is 920 Å². The maximum Gasteiger partial charge on any atom is 0.240 e. The van der Waals surface area contributed by atoms with Gasteiger partial charge in [0.15, 0.2) is 0 Å². The Kier molecular flexibility index (Phi) is 99.8. The van der Waals surface area contributed by atoms with Gasteiger partial charge < -0.3 is 0 Å². The zero-order valence-electron chi connectivity index (χ0n) is 99.7. The van der Waals surface area contributed by atoms with Gasteiger partial charge in [-0.25, -0.2) is 184 Å². The summed E-state index contributed by atoms with van der Waals surface area (Å²) >= 11 is 0. The van der Waals surface area contributed by atoms with Gasteiger partial charge in [0.05, 0.1) is 78.8 Å². The third-order valence-corrected chi connectivity index (χ3v) is 38.9.